The van der Waals surface area contributed by atoms with Crippen LogP contribution in [0.4, 0.5) is 0 Å². The highest BCUT2D eigenvalue weighted by atomic mass is 16.5. The summed E-state index contributed by atoms with van der Waals surface area (Å²) in [5.41, 5.74) is 1.66. The maximum Gasteiger partial charge on any atom is 0.309 e. The van der Waals surface area contributed by atoms with Gasteiger partial charge in [0, 0.05) is 25.2 Å². The molecule has 0 unspecified atom stereocenters. The zero-order valence-corrected chi connectivity index (χ0v) is 14.9. The lowest BCUT2D eigenvalue weighted by molar-refractivity contribution is -0.153. The Labute approximate surface area is 148 Å². The van der Waals surface area contributed by atoms with Crippen molar-refractivity contribution >= 4 is 17.8 Å². The van der Waals surface area contributed by atoms with Crippen LogP contribution in [-0.2, 0) is 14.3 Å². The molecule has 6 heteroatoms. The number of ether oxygens (including phenoxy) is 1. The second kappa shape index (κ2) is 9.20. The van der Waals surface area contributed by atoms with Gasteiger partial charge in [-0.15, -0.1) is 0 Å². The number of hydrogen-bond acceptors (Lipinski definition) is 4. The molecule has 1 fully saturated rings. The first-order valence-corrected chi connectivity index (χ1v) is 8.81. The van der Waals surface area contributed by atoms with E-state index in [2.05, 4.69) is 5.32 Å². The molecule has 1 N–H and O–H groups in total. The van der Waals surface area contributed by atoms with Crippen molar-refractivity contribution in [1.29, 1.82) is 0 Å². The second-order valence-corrected chi connectivity index (χ2v) is 6.34. The molecule has 0 aliphatic carbocycles. The maximum absolute atomic E-state index is 12.6. The normalized spacial score (nSPS) is 14.9. The van der Waals surface area contributed by atoms with Crippen LogP contribution in [-0.4, -0.2) is 48.9 Å². The zero-order valence-electron chi connectivity index (χ0n) is 14.9. The number of likely N-dealkylation sites (tertiary alicyclic amines) is 1. The minimum Gasteiger partial charge on any atom is -0.455 e. The molecule has 1 aromatic rings. The highest BCUT2D eigenvalue weighted by Crippen LogP contribution is 2.21. The van der Waals surface area contributed by atoms with Gasteiger partial charge in [0.25, 0.3) is 11.8 Å². The standard InChI is InChI=1S/C19H26N2O4/c1-3-10-20-17(22)13-25-19(24)15-8-11-21(12-9-15)18(23)16-7-5-4-6-14(16)2/h4-7,15H,3,8-13H2,1-2H3,(H,20,22). The van der Waals surface area contributed by atoms with E-state index in [4.69, 9.17) is 4.74 Å². The molecule has 0 spiro atoms. The van der Waals surface area contributed by atoms with Crippen molar-refractivity contribution < 1.29 is 19.1 Å². The van der Waals surface area contributed by atoms with Gasteiger partial charge in [-0.05, 0) is 37.8 Å². The molecule has 1 aliphatic heterocycles. The average Bonchev–Trinajstić information content (AvgIpc) is 2.64. The van der Waals surface area contributed by atoms with E-state index in [0.29, 0.717) is 38.0 Å². The summed E-state index contributed by atoms with van der Waals surface area (Å²) in [6, 6.07) is 7.51. The summed E-state index contributed by atoms with van der Waals surface area (Å²) in [5.74, 6) is -0.874. The van der Waals surface area contributed by atoms with E-state index in [1.165, 1.54) is 0 Å². The summed E-state index contributed by atoms with van der Waals surface area (Å²) >= 11 is 0. The van der Waals surface area contributed by atoms with Gasteiger partial charge in [-0.25, -0.2) is 0 Å². The van der Waals surface area contributed by atoms with Crippen LogP contribution >= 0.6 is 0 Å². The van der Waals surface area contributed by atoms with E-state index >= 15 is 0 Å². The molecule has 1 aliphatic rings. The number of benzene rings is 1. The van der Waals surface area contributed by atoms with Crippen molar-refractivity contribution in [3.63, 3.8) is 0 Å². The fourth-order valence-corrected chi connectivity index (χ4v) is 2.87. The number of carbonyl (C=O) groups is 3. The fourth-order valence-electron chi connectivity index (χ4n) is 2.87. The van der Waals surface area contributed by atoms with Gasteiger partial charge >= 0.3 is 5.97 Å². The molecular weight excluding hydrogens is 320 g/mol. The number of piperidine rings is 1. The third-order valence-corrected chi connectivity index (χ3v) is 4.41. The molecule has 0 aromatic heterocycles. The van der Waals surface area contributed by atoms with Gasteiger partial charge in [0.05, 0.1) is 5.92 Å². The first-order chi connectivity index (χ1) is 12.0. The van der Waals surface area contributed by atoms with E-state index < -0.39 is 0 Å². The number of esters is 1. The van der Waals surface area contributed by atoms with Gasteiger partial charge in [0.15, 0.2) is 6.61 Å². The van der Waals surface area contributed by atoms with Crippen molar-refractivity contribution in [2.45, 2.75) is 33.1 Å². The summed E-state index contributed by atoms with van der Waals surface area (Å²) in [6.45, 7) is 5.26. The number of nitrogens with zero attached hydrogens (tertiary/aromatic N) is 1. The lowest BCUT2D eigenvalue weighted by Crippen LogP contribution is -2.41. The minimum absolute atomic E-state index is 0.00357. The van der Waals surface area contributed by atoms with Crippen LogP contribution in [0.5, 0.6) is 0 Å². The molecule has 0 radical (unpaired) electrons. The molecule has 1 heterocycles. The summed E-state index contributed by atoms with van der Waals surface area (Å²) in [5, 5.41) is 2.67. The van der Waals surface area contributed by atoms with Crippen molar-refractivity contribution in [1.82, 2.24) is 10.2 Å². The first kappa shape index (κ1) is 19.0. The van der Waals surface area contributed by atoms with Gasteiger partial charge in [-0.3, -0.25) is 14.4 Å². The smallest absolute Gasteiger partial charge is 0.309 e. The first-order valence-electron chi connectivity index (χ1n) is 8.81. The predicted octanol–water partition coefficient (Wildman–Crippen LogP) is 1.92. The fraction of sp³-hybridized carbons (Fsp3) is 0.526. The van der Waals surface area contributed by atoms with E-state index in [9.17, 15) is 14.4 Å². The van der Waals surface area contributed by atoms with E-state index in [1.54, 1.807) is 4.90 Å². The third kappa shape index (κ3) is 5.31. The molecule has 0 saturated carbocycles. The predicted molar refractivity (Wildman–Crippen MR) is 94.1 cm³/mol. The Morgan fingerprint density at radius 3 is 2.52 bits per heavy atom. The van der Waals surface area contributed by atoms with E-state index in [1.807, 2.05) is 38.1 Å². The number of aryl methyl sites for hydroxylation is 1. The molecular formula is C19H26N2O4. The molecule has 0 bridgehead atoms. The Morgan fingerprint density at radius 2 is 1.88 bits per heavy atom. The topological polar surface area (TPSA) is 75.7 Å². The molecule has 6 nitrogen and oxygen atoms in total. The van der Waals surface area contributed by atoms with Gasteiger partial charge in [0.1, 0.15) is 0 Å². The van der Waals surface area contributed by atoms with Crippen molar-refractivity contribution in [2.75, 3.05) is 26.2 Å². The van der Waals surface area contributed by atoms with Crippen LogP contribution in [0.15, 0.2) is 24.3 Å². The number of nitrogens with one attached hydrogen (secondary N) is 1. The Bertz CT molecular complexity index is 622. The Kier molecular flexibility index (Phi) is 6.98. The van der Waals surface area contributed by atoms with Gasteiger partial charge in [0.2, 0.25) is 0 Å². The highest BCUT2D eigenvalue weighted by Gasteiger charge is 2.29. The monoisotopic (exact) mass is 346 g/mol. The zero-order chi connectivity index (χ0) is 18.2. The van der Waals surface area contributed by atoms with Crippen LogP contribution in [0, 0.1) is 12.8 Å². The Hall–Kier alpha value is -2.37. The average molecular weight is 346 g/mol. The minimum atomic E-state index is -0.352. The maximum atomic E-state index is 12.6. The van der Waals surface area contributed by atoms with Crippen LogP contribution in [0.2, 0.25) is 0 Å². The Balaban J connectivity index is 1.79. The highest BCUT2D eigenvalue weighted by molar-refractivity contribution is 5.95. The van der Waals surface area contributed by atoms with Crippen LogP contribution in [0.25, 0.3) is 0 Å². The molecule has 0 atom stereocenters. The summed E-state index contributed by atoms with van der Waals surface area (Å²) in [4.78, 5) is 37.9. The largest absolute Gasteiger partial charge is 0.455 e. The SMILES string of the molecule is CCCNC(=O)COC(=O)C1CCN(C(=O)c2ccccc2C)CC1. The lowest BCUT2D eigenvalue weighted by Gasteiger charge is -2.31. The lowest BCUT2D eigenvalue weighted by atomic mass is 9.96. The molecule has 1 saturated heterocycles. The number of hydrogen-bond donors (Lipinski definition) is 1. The molecule has 136 valence electrons. The number of rotatable bonds is 6. The molecule has 2 rings (SSSR count). The van der Waals surface area contributed by atoms with Crippen LogP contribution in [0.3, 0.4) is 0 Å². The van der Waals surface area contributed by atoms with Crippen molar-refractivity contribution in [3.05, 3.63) is 35.4 Å². The van der Waals surface area contributed by atoms with Gasteiger partial charge in [-0.1, -0.05) is 25.1 Å². The Morgan fingerprint density at radius 1 is 1.20 bits per heavy atom. The van der Waals surface area contributed by atoms with Crippen molar-refractivity contribution in [3.8, 4) is 0 Å². The quantitative estimate of drug-likeness (QED) is 0.799. The second-order valence-electron chi connectivity index (χ2n) is 6.34. The number of carbonyl (C=O) groups excluding carboxylic acids is 3. The van der Waals surface area contributed by atoms with Gasteiger partial charge in [-0.2, -0.15) is 0 Å². The summed E-state index contributed by atoms with van der Waals surface area (Å²) < 4.78 is 5.09. The van der Waals surface area contributed by atoms with Crippen LogP contribution < -0.4 is 5.32 Å². The summed E-state index contributed by atoms with van der Waals surface area (Å²) in [7, 11) is 0. The van der Waals surface area contributed by atoms with E-state index in [-0.39, 0.29) is 30.3 Å². The molecule has 25 heavy (non-hydrogen) atoms. The molecule has 2 amide bonds. The number of amides is 2. The van der Waals surface area contributed by atoms with Crippen LogP contribution in [0.1, 0.15) is 42.1 Å². The summed E-state index contributed by atoms with van der Waals surface area (Å²) in [6.07, 6.45) is 1.97. The van der Waals surface area contributed by atoms with E-state index in [0.717, 1.165) is 12.0 Å². The third-order valence-electron chi connectivity index (χ3n) is 4.41. The van der Waals surface area contributed by atoms with Crippen molar-refractivity contribution in [2.24, 2.45) is 5.92 Å². The van der Waals surface area contributed by atoms with Gasteiger partial charge < -0.3 is 15.0 Å². The molecule has 1 aromatic carbocycles.